The summed E-state index contributed by atoms with van der Waals surface area (Å²) in [5, 5.41) is 6.08. The van der Waals surface area contributed by atoms with Crippen molar-refractivity contribution in [3.63, 3.8) is 0 Å². The molecule has 4 rings (SSSR count). The third kappa shape index (κ3) is 3.88. The van der Waals surface area contributed by atoms with E-state index in [1.807, 2.05) is 24.3 Å². The fourth-order valence-electron chi connectivity index (χ4n) is 3.37. The van der Waals surface area contributed by atoms with E-state index in [9.17, 15) is 9.59 Å². The first-order valence-corrected chi connectivity index (χ1v) is 9.47. The summed E-state index contributed by atoms with van der Waals surface area (Å²) in [6.45, 7) is 3.56. The van der Waals surface area contributed by atoms with Crippen molar-refractivity contribution in [2.45, 2.75) is 25.8 Å². The van der Waals surface area contributed by atoms with E-state index in [1.165, 1.54) is 0 Å². The van der Waals surface area contributed by atoms with Gasteiger partial charge in [0, 0.05) is 36.1 Å². The molecule has 1 fully saturated rings. The summed E-state index contributed by atoms with van der Waals surface area (Å²) >= 11 is 0. The summed E-state index contributed by atoms with van der Waals surface area (Å²) in [7, 11) is 0. The van der Waals surface area contributed by atoms with E-state index < -0.39 is 6.04 Å². The van der Waals surface area contributed by atoms with Crippen LogP contribution in [0, 0.1) is 0 Å². The van der Waals surface area contributed by atoms with Crippen LogP contribution in [-0.4, -0.2) is 37.6 Å². The Bertz CT molecular complexity index is 899. The molecule has 1 saturated heterocycles. The molecule has 0 radical (unpaired) electrons. The van der Waals surface area contributed by atoms with Crippen LogP contribution in [0.2, 0.25) is 0 Å². The van der Waals surface area contributed by atoms with Crippen LogP contribution in [0.5, 0.6) is 11.5 Å². The SMILES string of the molecule is C[C@H](Nc1cccc(N2CCCC2=O)c1)C(=O)Nc1ccc2c(c1)OCCO2. The van der Waals surface area contributed by atoms with Crippen LogP contribution in [0.15, 0.2) is 42.5 Å². The second kappa shape index (κ2) is 7.80. The van der Waals surface area contributed by atoms with Crippen molar-refractivity contribution in [2.75, 3.05) is 35.3 Å². The van der Waals surface area contributed by atoms with Crippen LogP contribution in [0.1, 0.15) is 19.8 Å². The maximum Gasteiger partial charge on any atom is 0.246 e. The van der Waals surface area contributed by atoms with Gasteiger partial charge in [0.25, 0.3) is 0 Å². The predicted octanol–water partition coefficient (Wildman–Crippen LogP) is 3.02. The van der Waals surface area contributed by atoms with Crippen molar-refractivity contribution >= 4 is 28.9 Å². The highest BCUT2D eigenvalue weighted by Crippen LogP contribution is 2.32. The third-order valence-corrected chi connectivity index (χ3v) is 4.82. The van der Waals surface area contributed by atoms with Gasteiger partial charge in [-0.3, -0.25) is 9.59 Å². The summed E-state index contributed by atoms with van der Waals surface area (Å²) in [6.07, 6.45) is 1.47. The van der Waals surface area contributed by atoms with Crippen LogP contribution < -0.4 is 25.0 Å². The van der Waals surface area contributed by atoms with Gasteiger partial charge in [-0.25, -0.2) is 0 Å². The maximum atomic E-state index is 12.6. The van der Waals surface area contributed by atoms with Gasteiger partial charge in [-0.05, 0) is 43.7 Å². The molecule has 146 valence electrons. The first kappa shape index (κ1) is 18.2. The number of fused-ring (bicyclic) bond motifs is 1. The number of anilines is 3. The van der Waals surface area contributed by atoms with Gasteiger partial charge < -0.3 is 25.0 Å². The average Bonchev–Trinajstić information content (AvgIpc) is 3.14. The van der Waals surface area contributed by atoms with Crippen molar-refractivity contribution in [1.82, 2.24) is 0 Å². The molecule has 28 heavy (non-hydrogen) atoms. The van der Waals surface area contributed by atoms with Crippen LogP contribution >= 0.6 is 0 Å². The summed E-state index contributed by atoms with van der Waals surface area (Å²) in [4.78, 5) is 26.3. The number of ether oxygens (including phenoxy) is 2. The Morgan fingerprint density at radius 2 is 1.89 bits per heavy atom. The molecule has 2 N–H and O–H groups in total. The molecule has 7 heteroatoms. The number of rotatable bonds is 5. The normalized spacial score (nSPS) is 16.6. The highest BCUT2D eigenvalue weighted by atomic mass is 16.6. The lowest BCUT2D eigenvalue weighted by Crippen LogP contribution is -2.32. The molecular weight excluding hydrogens is 358 g/mol. The number of nitrogens with zero attached hydrogens (tertiary/aromatic N) is 1. The fourth-order valence-corrected chi connectivity index (χ4v) is 3.37. The van der Waals surface area contributed by atoms with E-state index in [0.29, 0.717) is 36.8 Å². The van der Waals surface area contributed by atoms with Gasteiger partial charge in [-0.2, -0.15) is 0 Å². The lowest BCUT2D eigenvalue weighted by Gasteiger charge is -2.20. The Morgan fingerprint density at radius 3 is 2.68 bits per heavy atom. The van der Waals surface area contributed by atoms with E-state index >= 15 is 0 Å². The Hall–Kier alpha value is -3.22. The molecule has 0 bridgehead atoms. The molecule has 0 aliphatic carbocycles. The standard InChI is InChI=1S/C21H23N3O4/c1-14(21(26)23-16-7-8-18-19(13-16)28-11-10-27-18)22-15-4-2-5-17(12-15)24-9-3-6-20(24)25/h2,4-5,7-8,12-14,22H,3,6,9-11H2,1H3,(H,23,26)/t14-/m0/s1. The van der Waals surface area contributed by atoms with E-state index in [4.69, 9.17) is 9.47 Å². The van der Waals surface area contributed by atoms with E-state index in [1.54, 1.807) is 30.0 Å². The number of amides is 2. The molecule has 2 aromatic rings. The number of carbonyl (C=O) groups excluding carboxylic acids is 2. The van der Waals surface area contributed by atoms with Crippen LogP contribution in [0.3, 0.4) is 0 Å². The number of carbonyl (C=O) groups is 2. The number of hydrogen-bond donors (Lipinski definition) is 2. The van der Waals surface area contributed by atoms with Crippen LogP contribution in [0.4, 0.5) is 17.1 Å². The lowest BCUT2D eigenvalue weighted by molar-refractivity contribution is -0.117. The molecule has 2 amide bonds. The lowest BCUT2D eigenvalue weighted by atomic mass is 10.2. The molecule has 0 spiro atoms. The van der Waals surface area contributed by atoms with Crippen LogP contribution in [-0.2, 0) is 9.59 Å². The largest absolute Gasteiger partial charge is 0.486 e. The van der Waals surface area contributed by atoms with Gasteiger partial charge in [0.15, 0.2) is 11.5 Å². The molecule has 0 aromatic heterocycles. The minimum atomic E-state index is -0.460. The average molecular weight is 381 g/mol. The maximum absolute atomic E-state index is 12.6. The summed E-state index contributed by atoms with van der Waals surface area (Å²) < 4.78 is 11.0. The molecule has 1 atom stereocenters. The third-order valence-electron chi connectivity index (χ3n) is 4.82. The highest BCUT2D eigenvalue weighted by molar-refractivity contribution is 5.97. The van der Waals surface area contributed by atoms with Gasteiger partial charge in [0.2, 0.25) is 11.8 Å². The van der Waals surface area contributed by atoms with E-state index in [-0.39, 0.29) is 11.8 Å². The molecule has 2 aliphatic rings. The number of nitrogens with one attached hydrogen (secondary N) is 2. The zero-order chi connectivity index (χ0) is 19.5. The quantitative estimate of drug-likeness (QED) is 0.832. The van der Waals surface area contributed by atoms with Gasteiger partial charge in [-0.1, -0.05) is 6.07 Å². The van der Waals surface area contributed by atoms with Gasteiger partial charge >= 0.3 is 0 Å². The summed E-state index contributed by atoms with van der Waals surface area (Å²) in [5.74, 6) is 1.29. The second-order valence-corrected chi connectivity index (χ2v) is 6.91. The smallest absolute Gasteiger partial charge is 0.246 e. The fraction of sp³-hybridized carbons (Fsp3) is 0.333. The zero-order valence-electron chi connectivity index (χ0n) is 15.7. The molecule has 0 saturated carbocycles. The van der Waals surface area contributed by atoms with Gasteiger partial charge in [0.1, 0.15) is 19.3 Å². The van der Waals surface area contributed by atoms with Gasteiger partial charge in [0.05, 0.1) is 0 Å². The van der Waals surface area contributed by atoms with Crippen molar-refractivity contribution < 1.29 is 19.1 Å². The monoisotopic (exact) mass is 381 g/mol. The predicted molar refractivity (Wildman–Crippen MR) is 107 cm³/mol. The van der Waals surface area contributed by atoms with Crippen molar-refractivity contribution in [3.8, 4) is 11.5 Å². The van der Waals surface area contributed by atoms with E-state index in [0.717, 1.165) is 24.3 Å². The number of benzene rings is 2. The molecular formula is C21H23N3O4. The minimum absolute atomic E-state index is 0.140. The molecule has 7 nitrogen and oxygen atoms in total. The Balaban J connectivity index is 1.40. The molecule has 0 unspecified atom stereocenters. The van der Waals surface area contributed by atoms with Crippen LogP contribution in [0.25, 0.3) is 0 Å². The molecule has 2 aliphatic heterocycles. The second-order valence-electron chi connectivity index (χ2n) is 6.91. The highest BCUT2D eigenvalue weighted by Gasteiger charge is 2.22. The zero-order valence-corrected chi connectivity index (χ0v) is 15.7. The van der Waals surface area contributed by atoms with E-state index in [2.05, 4.69) is 10.6 Å². The Morgan fingerprint density at radius 1 is 1.07 bits per heavy atom. The first-order valence-electron chi connectivity index (χ1n) is 9.47. The number of hydrogen-bond acceptors (Lipinski definition) is 5. The topological polar surface area (TPSA) is 79.9 Å². The van der Waals surface area contributed by atoms with Crippen molar-refractivity contribution in [3.05, 3.63) is 42.5 Å². The van der Waals surface area contributed by atoms with Crippen molar-refractivity contribution in [2.24, 2.45) is 0 Å². The minimum Gasteiger partial charge on any atom is -0.486 e. The van der Waals surface area contributed by atoms with Gasteiger partial charge in [-0.15, -0.1) is 0 Å². The molecule has 2 heterocycles. The first-order chi connectivity index (χ1) is 13.6. The summed E-state index contributed by atoms with van der Waals surface area (Å²) in [5.41, 5.74) is 2.30. The molecule has 2 aromatic carbocycles. The van der Waals surface area contributed by atoms with Crippen molar-refractivity contribution in [1.29, 1.82) is 0 Å². The Labute approximate surface area is 163 Å². The Kier molecular flexibility index (Phi) is 5.06. The summed E-state index contributed by atoms with van der Waals surface area (Å²) in [6, 6.07) is 12.5.